The molecule has 0 aliphatic rings. The van der Waals surface area contributed by atoms with Gasteiger partial charge in [0, 0.05) is 29.9 Å². The Balaban J connectivity index is 1.74. The summed E-state index contributed by atoms with van der Waals surface area (Å²) in [6.45, 7) is 1.89. The van der Waals surface area contributed by atoms with E-state index in [0.717, 1.165) is 17.3 Å². The molecule has 2 rings (SSSR count). The van der Waals surface area contributed by atoms with E-state index in [1.165, 1.54) is 18.2 Å². The van der Waals surface area contributed by atoms with Crippen molar-refractivity contribution in [3.63, 3.8) is 0 Å². The van der Waals surface area contributed by atoms with Gasteiger partial charge in [-0.15, -0.1) is 11.8 Å². The second-order valence-electron chi connectivity index (χ2n) is 5.76. The molecule has 3 N–H and O–H groups in total. The highest BCUT2D eigenvalue weighted by Gasteiger charge is 2.12. The molecule has 8 nitrogen and oxygen atoms in total. The van der Waals surface area contributed by atoms with Crippen LogP contribution in [0.25, 0.3) is 0 Å². The number of nitrogens with one attached hydrogen (secondary N) is 2. The standard InChI is InChI=1S/C18H19N3O5S/c1-12-3-2-4-14(7-12)20-18(24)11-27-10-17(23)19-9-13-8-15(21(25)26)5-6-16(13)22/h2-8,22H,9-11H2,1H3,(H,19,23)(H,20,24). The monoisotopic (exact) mass is 389 g/mol. The number of phenolic OH excluding ortho intramolecular Hbond substituents is 1. The molecule has 27 heavy (non-hydrogen) atoms. The van der Waals surface area contributed by atoms with Crippen LogP contribution in [0.15, 0.2) is 42.5 Å². The van der Waals surface area contributed by atoms with Crippen LogP contribution in [0.3, 0.4) is 0 Å². The Morgan fingerprint density at radius 3 is 2.59 bits per heavy atom. The van der Waals surface area contributed by atoms with Crippen molar-refractivity contribution in [3.05, 3.63) is 63.7 Å². The van der Waals surface area contributed by atoms with Gasteiger partial charge in [-0.05, 0) is 30.7 Å². The van der Waals surface area contributed by atoms with Crippen molar-refractivity contribution in [2.24, 2.45) is 0 Å². The number of nitrogens with zero attached hydrogens (tertiary/aromatic N) is 1. The van der Waals surface area contributed by atoms with Gasteiger partial charge in [-0.2, -0.15) is 0 Å². The number of hydrogen-bond acceptors (Lipinski definition) is 6. The highest BCUT2D eigenvalue weighted by Crippen LogP contribution is 2.22. The van der Waals surface area contributed by atoms with Crippen molar-refractivity contribution in [3.8, 4) is 5.75 Å². The first-order valence-corrected chi connectivity index (χ1v) is 9.18. The smallest absolute Gasteiger partial charge is 0.270 e. The molecule has 0 heterocycles. The fourth-order valence-electron chi connectivity index (χ4n) is 2.23. The predicted molar refractivity (Wildman–Crippen MR) is 104 cm³/mol. The van der Waals surface area contributed by atoms with Gasteiger partial charge in [0.05, 0.1) is 16.4 Å². The first-order valence-electron chi connectivity index (χ1n) is 8.02. The van der Waals surface area contributed by atoms with Gasteiger partial charge in [0.15, 0.2) is 0 Å². The summed E-state index contributed by atoms with van der Waals surface area (Å²) in [4.78, 5) is 33.9. The second kappa shape index (κ2) is 9.58. The van der Waals surface area contributed by atoms with E-state index < -0.39 is 4.92 Å². The maximum absolute atomic E-state index is 11.9. The molecule has 0 unspecified atom stereocenters. The lowest BCUT2D eigenvalue weighted by Crippen LogP contribution is -2.25. The first kappa shape index (κ1) is 20.2. The number of rotatable bonds is 8. The summed E-state index contributed by atoms with van der Waals surface area (Å²) in [5.41, 5.74) is 1.81. The molecule has 0 bridgehead atoms. The van der Waals surface area contributed by atoms with Gasteiger partial charge in [-0.1, -0.05) is 12.1 Å². The normalized spacial score (nSPS) is 10.3. The van der Waals surface area contributed by atoms with Crippen LogP contribution >= 0.6 is 11.8 Å². The largest absolute Gasteiger partial charge is 0.508 e. The summed E-state index contributed by atoms with van der Waals surface area (Å²) in [5, 5.41) is 25.8. The first-order chi connectivity index (χ1) is 12.8. The average Bonchev–Trinajstić information content (AvgIpc) is 2.60. The number of nitro benzene ring substituents is 1. The SMILES string of the molecule is Cc1cccc(NC(=O)CSCC(=O)NCc2cc([N+](=O)[O-])ccc2O)c1. The van der Waals surface area contributed by atoms with Gasteiger partial charge in [-0.25, -0.2) is 0 Å². The van der Waals surface area contributed by atoms with Gasteiger partial charge in [0.1, 0.15) is 5.75 Å². The van der Waals surface area contributed by atoms with Crippen LogP contribution in [0.1, 0.15) is 11.1 Å². The molecule has 9 heteroatoms. The number of phenols is 1. The Labute approximate surface area is 160 Å². The number of thioether (sulfide) groups is 1. The molecule has 0 radical (unpaired) electrons. The van der Waals surface area contributed by atoms with Crippen LogP contribution in [0, 0.1) is 17.0 Å². The third-order valence-corrected chi connectivity index (χ3v) is 4.45. The summed E-state index contributed by atoms with van der Waals surface area (Å²) in [7, 11) is 0. The lowest BCUT2D eigenvalue weighted by atomic mass is 10.2. The zero-order valence-electron chi connectivity index (χ0n) is 14.6. The lowest BCUT2D eigenvalue weighted by molar-refractivity contribution is -0.384. The Bertz CT molecular complexity index is 857. The summed E-state index contributed by atoms with van der Waals surface area (Å²) >= 11 is 1.15. The molecule has 0 atom stereocenters. The minimum atomic E-state index is -0.576. The minimum absolute atomic E-state index is 0.0393. The molecule has 0 aromatic heterocycles. The predicted octanol–water partition coefficient (Wildman–Crippen LogP) is 2.60. The van der Waals surface area contributed by atoms with Gasteiger partial charge < -0.3 is 15.7 Å². The molecule has 2 aromatic carbocycles. The number of hydrogen-bond donors (Lipinski definition) is 3. The van der Waals surface area contributed by atoms with E-state index in [2.05, 4.69) is 10.6 Å². The van der Waals surface area contributed by atoms with Crippen LogP contribution in [0.5, 0.6) is 5.75 Å². The van der Waals surface area contributed by atoms with Crippen molar-refractivity contribution in [2.75, 3.05) is 16.8 Å². The van der Waals surface area contributed by atoms with Crippen LogP contribution in [-0.4, -0.2) is 33.3 Å². The number of aryl methyl sites for hydroxylation is 1. The van der Waals surface area contributed by atoms with E-state index in [4.69, 9.17) is 0 Å². The highest BCUT2D eigenvalue weighted by molar-refractivity contribution is 8.00. The number of anilines is 1. The fraction of sp³-hybridized carbons (Fsp3) is 0.222. The number of aromatic hydroxyl groups is 1. The van der Waals surface area contributed by atoms with E-state index in [1.807, 2.05) is 25.1 Å². The molecule has 0 saturated heterocycles. The number of nitro groups is 1. The maximum atomic E-state index is 11.9. The van der Waals surface area contributed by atoms with Crippen LogP contribution in [0.2, 0.25) is 0 Å². The van der Waals surface area contributed by atoms with E-state index in [-0.39, 0.29) is 46.9 Å². The van der Waals surface area contributed by atoms with Gasteiger partial charge >= 0.3 is 0 Å². The number of amides is 2. The van der Waals surface area contributed by atoms with Crippen molar-refractivity contribution in [2.45, 2.75) is 13.5 Å². The molecule has 142 valence electrons. The molecule has 0 spiro atoms. The Kier molecular flexibility index (Phi) is 7.18. The van der Waals surface area contributed by atoms with E-state index in [0.29, 0.717) is 5.69 Å². The van der Waals surface area contributed by atoms with Crippen molar-refractivity contribution < 1.29 is 19.6 Å². The van der Waals surface area contributed by atoms with Crippen LogP contribution in [0.4, 0.5) is 11.4 Å². The summed E-state index contributed by atoms with van der Waals surface area (Å²) in [5.74, 6) is -0.518. The molecule has 2 amide bonds. The lowest BCUT2D eigenvalue weighted by Gasteiger charge is -2.08. The third-order valence-electron chi connectivity index (χ3n) is 3.52. The molecule has 0 aliphatic heterocycles. The van der Waals surface area contributed by atoms with E-state index >= 15 is 0 Å². The van der Waals surface area contributed by atoms with Crippen molar-refractivity contribution in [1.29, 1.82) is 0 Å². The van der Waals surface area contributed by atoms with Crippen molar-refractivity contribution >= 4 is 35.0 Å². The van der Waals surface area contributed by atoms with Gasteiger partial charge in [0.2, 0.25) is 11.8 Å². The molecule has 0 aliphatic carbocycles. The Morgan fingerprint density at radius 1 is 1.15 bits per heavy atom. The Morgan fingerprint density at radius 2 is 1.89 bits per heavy atom. The Hall–Kier alpha value is -3.07. The molecule has 0 saturated carbocycles. The van der Waals surface area contributed by atoms with Crippen molar-refractivity contribution in [1.82, 2.24) is 5.32 Å². The molecule has 2 aromatic rings. The molecular formula is C18H19N3O5S. The number of non-ortho nitro benzene ring substituents is 1. The average molecular weight is 389 g/mol. The number of benzene rings is 2. The molecular weight excluding hydrogens is 370 g/mol. The number of carbonyl (C=O) groups is 2. The third kappa shape index (κ3) is 6.63. The van der Waals surface area contributed by atoms with E-state index in [1.54, 1.807) is 6.07 Å². The topological polar surface area (TPSA) is 122 Å². The number of carbonyl (C=O) groups excluding carboxylic acids is 2. The van der Waals surface area contributed by atoms with Gasteiger partial charge in [-0.3, -0.25) is 19.7 Å². The van der Waals surface area contributed by atoms with Crippen LogP contribution in [-0.2, 0) is 16.1 Å². The quantitative estimate of drug-likeness (QED) is 0.471. The van der Waals surface area contributed by atoms with E-state index in [9.17, 15) is 24.8 Å². The fourth-order valence-corrected chi connectivity index (χ4v) is 2.88. The summed E-state index contributed by atoms with van der Waals surface area (Å²) in [6.07, 6.45) is 0. The zero-order chi connectivity index (χ0) is 19.8. The maximum Gasteiger partial charge on any atom is 0.270 e. The van der Waals surface area contributed by atoms with Gasteiger partial charge in [0.25, 0.3) is 5.69 Å². The zero-order valence-corrected chi connectivity index (χ0v) is 15.4. The molecule has 0 fully saturated rings. The minimum Gasteiger partial charge on any atom is -0.508 e. The summed E-state index contributed by atoms with van der Waals surface area (Å²) in [6, 6.07) is 11.0. The second-order valence-corrected chi connectivity index (χ2v) is 6.74. The highest BCUT2D eigenvalue weighted by atomic mass is 32.2. The van der Waals surface area contributed by atoms with Crippen LogP contribution < -0.4 is 10.6 Å². The summed E-state index contributed by atoms with van der Waals surface area (Å²) < 4.78 is 0.